The molecule has 0 bridgehead atoms. The van der Waals surface area contributed by atoms with E-state index in [0.29, 0.717) is 18.1 Å². The van der Waals surface area contributed by atoms with Crippen LogP contribution in [-0.4, -0.2) is 17.4 Å². The van der Waals surface area contributed by atoms with Gasteiger partial charge in [-0.3, -0.25) is 9.69 Å². The third-order valence-corrected chi connectivity index (χ3v) is 2.61. The Labute approximate surface area is 89.1 Å². The molecular weight excluding hydrogens is 190 g/mol. The summed E-state index contributed by atoms with van der Waals surface area (Å²) in [5.74, 6) is 1.30. The molecule has 0 aliphatic carbocycles. The SMILES string of the molecule is Nc1cccc(N2CCCCCC2=O)n1. The molecule has 0 radical (unpaired) electrons. The Morgan fingerprint density at radius 1 is 1.27 bits per heavy atom. The predicted octanol–water partition coefficient (Wildman–Crippen LogP) is 1.57. The first kappa shape index (κ1) is 9.96. The smallest absolute Gasteiger partial charge is 0.228 e. The maximum Gasteiger partial charge on any atom is 0.228 e. The van der Waals surface area contributed by atoms with E-state index >= 15 is 0 Å². The van der Waals surface area contributed by atoms with E-state index in [2.05, 4.69) is 4.98 Å². The summed E-state index contributed by atoms with van der Waals surface area (Å²) in [4.78, 5) is 17.7. The van der Waals surface area contributed by atoms with Crippen LogP contribution in [-0.2, 0) is 4.79 Å². The quantitative estimate of drug-likeness (QED) is 0.757. The Hall–Kier alpha value is -1.58. The van der Waals surface area contributed by atoms with Crippen LogP contribution in [0.25, 0.3) is 0 Å². The third kappa shape index (κ3) is 2.26. The first-order chi connectivity index (χ1) is 7.27. The van der Waals surface area contributed by atoms with Crippen molar-refractivity contribution in [2.24, 2.45) is 0 Å². The van der Waals surface area contributed by atoms with Gasteiger partial charge < -0.3 is 5.73 Å². The Morgan fingerprint density at radius 2 is 2.13 bits per heavy atom. The van der Waals surface area contributed by atoms with E-state index in [1.807, 2.05) is 12.1 Å². The highest BCUT2D eigenvalue weighted by Gasteiger charge is 2.18. The summed E-state index contributed by atoms with van der Waals surface area (Å²) in [6.45, 7) is 0.759. The number of hydrogen-bond donors (Lipinski definition) is 1. The summed E-state index contributed by atoms with van der Waals surface area (Å²) >= 11 is 0. The molecule has 1 aliphatic heterocycles. The number of nitrogen functional groups attached to an aromatic ring is 1. The number of pyridine rings is 1. The van der Waals surface area contributed by atoms with Gasteiger partial charge in [-0.15, -0.1) is 0 Å². The second-order valence-electron chi connectivity index (χ2n) is 3.78. The zero-order chi connectivity index (χ0) is 10.7. The van der Waals surface area contributed by atoms with Crippen molar-refractivity contribution in [3.05, 3.63) is 18.2 Å². The summed E-state index contributed by atoms with van der Waals surface area (Å²) in [6, 6.07) is 5.39. The van der Waals surface area contributed by atoms with Gasteiger partial charge in [-0.05, 0) is 25.0 Å². The molecule has 0 atom stereocenters. The molecule has 1 fully saturated rings. The molecule has 80 valence electrons. The van der Waals surface area contributed by atoms with Crippen LogP contribution in [0, 0.1) is 0 Å². The van der Waals surface area contributed by atoms with Crippen LogP contribution < -0.4 is 10.6 Å². The van der Waals surface area contributed by atoms with Gasteiger partial charge in [0.2, 0.25) is 5.91 Å². The molecular formula is C11H15N3O. The number of amides is 1. The van der Waals surface area contributed by atoms with Crippen molar-refractivity contribution in [2.45, 2.75) is 25.7 Å². The van der Waals surface area contributed by atoms with Crippen LogP contribution in [0.5, 0.6) is 0 Å². The maximum absolute atomic E-state index is 11.8. The molecule has 2 N–H and O–H groups in total. The maximum atomic E-state index is 11.8. The summed E-state index contributed by atoms with van der Waals surface area (Å²) in [5, 5.41) is 0. The average Bonchev–Trinajstić information content (AvgIpc) is 2.43. The van der Waals surface area contributed by atoms with Gasteiger partial charge in [-0.2, -0.15) is 0 Å². The van der Waals surface area contributed by atoms with Gasteiger partial charge in [0.05, 0.1) is 0 Å². The van der Waals surface area contributed by atoms with Crippen molar-refractivity contribution in [2.75, 3.05) is 17.2 Å². The number of aromatic nitrogens is 1. The second-order valence-corrected chi connectivity index (χ2v) is 3.78. The number of anilines is 2. The number of rotatable bonds is 1. The van der Waals surface area contributed by atoms with Gasteiger partial charge in [0.25, 0.3) is 0 Å². The minimum atomic E-state index is 0.158. The highest BCUT2D eigenvalue weighted by molar-refractivity contribution is 5.92. The lowest BCUT2D eigenvalue weighted by molar-refractivity contribution is -0.118. The van der Waals surface area contributed by atoms with E-state index in [-0.39, 0.29) is 5.91 Å². The molecule has 0 unspecified atom stereocenters. The topological polar surface area (TPSA) is 59.2 Å². The number of carbonyl (C=O) groups excluding carboxylic acids is 1. The molecule has 0 spiro atoms. The minimum Gasteiger partial charge on any atom is -0.384 e. The van der Waals surface area contributed by atoms with Crippen LogP contribution in [0.2, 0.25) is 0 Å². The molecule has 1 aliphatic rings. The van der Waals surface area contributed by atoms with Crippen LogP contribution in [0.15, 0.2) is 18.2 Å². The molecule has 1 amide bonds. The van der Waals surface area contributed by atoms with Crippen molar-refractivity contribution in [3.63, 3.8) is 0 Å². The highest BCUT2D eigenvalue weighted by Crippen LogP contribution is 2.18. The van der Waals surface area contributed by atoms with Gasteiger partial charge in [0, 0.05) is 13.0 Å². The average molecular weight is 205 g/mol. The van der Waals surface area contributed by atoms with Crippen LogP contribution in [0.1, 0.15) is 25.7 Å². The Morgan fingerprint density at radius 3 is 2.93 bits per heavy atom. The first-order valence-corrected chi connectivity index (χ1v) is 5.30. The monoisotopic (exact) mass is 205 g/mol. The van der Waals surface area contributed by atoms with Crippen molar-refractivity contribution < 1.29 is 4.79 Å². The summed E-state index contributed by atoms with van der Waals surface area (Å²) in [5.41, 5.74) is 5.60. The normalized spacial score (nSPS) is 17.6. The van der Waals surface area contributed by atoms with Gasteiger partial charge in [-0.1, -0.05) is 12.5 Å². The first-order valence-electron chi connectivity index (χ1n) is 5.30. The van der Waals surface area contributed by atoms with E-state index in [4.69, 9.17) is 5.73 Å². The lowest BCUT2D eigenvalue weighted by Gasteiger charge is -2.19. The van der Waals surface area contributed by atoms with Gasteiger partial charge in [-0.25, -0.2) is 4.98 Å². The fraction of sp³-hybridized carbons (Fsp3) is 0.455. The van der Waals surface area contributed by atoms with Crippen LogP contribution in [0.3, 0.4) is 0 Å². The van der Waals surface area contributed by atoms with E-state index in [0.717, 1.165) is 25.8 Å². The molecule has 2 heterocycles. The Kier molecular flexibility index (Phi) is 2.85. The number of nitrogens with two attached hydrogens (primary N) is 1. The molecule has 4 heteroatoms. The lowest BCUT2D eigenvalue weighted by atomic mass is 10.2. The van der Waals surface area contributed by atoms with E-state index in [1.54, 1.807) is 11.0 Å². The van der Waals surface area contributed by atoms with Gasteiger partial charge in [0.15, 0.2) is 0 Å². The molecule has 15 heavy (non-hydrogen) atoms. The molecule has 1 aromatic heterocycles. The molecule has 2 rings (SSSR count). The third-order valence-electron chi connectivity index (χ3n) is 2.61. The number of hydrogen-bond acceptors (Lipinski definition) is 3. The zero-order valence-electron chi connectivity index (χ0n) is 8.65. The largest absolute Gasteiger partial charge is 0.384 e. The van der Waals surface area contributed by atoms with Crippen LogP contribution in [0.4, 0.5) is 11.6 Å². The minimum absolute atomic E-state index is 0.158. The molecule has 4 nitrogen and oxygen atoms in total. The molecule has 0 aromatic carbocycles. The van der Waals surface area contributed by atoms with Crippen LogP contribution >= 0.6 is 0 Å². The van der Waals surface area contributed by atoms with E-state index in [9.17, 15) is 4.79 Å². The fourth-order valence-corrected chi connectivity index (χ4v) is 1.81. The summed E-state index contributed by atoms with van der Waals surface area (Å²) in [6.07, 6.45) is 3.76. The summed E-state index contributed by atoms with van der Waals surface area (Å²) < 4.78 is 0. The Balaban J connectivity index is 2.24. The molecule has 1 aromatic rings. The van der Waals surface area contributed by atoms with Gasteiger partial charge in [0.1, 0.15) is 11.6 Å². The van der Waals surface area contributed by atoms with Crippen molar-refractivity contribution in [1.82, 2.24) is 4.98 Å². The zero-order valence-corrected chi connectivity index (χ0v) is 8.65. The van der Waals surface area contributed by atoms with E-state index < -0.39 is 0 Å². The van der Waals surface area contributed by atoms with E-state index in [1.165, 1.54) is 0 Å². The highest BCUT2D eigenvalue weighted by atomic mass is 16.2. The predicted molar refractivity (Wildman–Crippen MR) is 59.5 cm³/mol. The number of nitrogens with zero attached hydrogens (tertiary/aromatic N) is 2. The second kappa shape index (κ2) is 4.29. The fourth-order valence-electron chi connectivity index (χ4n) is 1.81. The van der Waals surface area contributed by atoms with Crippen molar-refractivity contribution >= 4 is 17.5 Å². The van der Waals surface area contributed by atoms with Crippen molar-refractivity contribution in [1.29, 1.82) is 0 Å². The van der Waals surface area contributed by atoms with Gasteiger partial charge >= 0.3 is 0 Å². The Bertz CT molecular complexity index is 365. The standard InChI is InChI=1S/C11H15N3O/c12-9-5-4-6-10(13-9)14-8-3-1-2-7-11(14)15/h4-6H,1-3,7-8H2,(H2,12,13). The lowest BCUT2D eigenvalue weighted by Crippen LogP contribution is -2.30. The molecule has 0 saturated carbocycles. The molecule has 1 saturated heterocycles. The van der Waals surface area contributed by atoms with Crippen molar-refractivity contribution in [3.8, 4) is 0 Å². The number of carbonyl (C=O) groups is 1. The summed E-state index contributed by atoms with van der Waals surface area (Å²) in [7, 11) is 0.